The van der Waals surface area contributed by atoms with Gasteiger partial charge in [0, 0.05) is 31.5 Å². The zero-order chi connectivity index (χ0) is 13.0. The van der Waals surface area contributed by atoms with E-state index in [-0.39, 0.29) is 5.91 Å². The van der Waals surface area contributed by atoms with Gasteiger partial charge in [0.1, 0.15) is 0 Å². The smallest absolute Gasteiger partial charge is 0.231 e. The second-order valence-electron chi connectivity index (χ2n) is 4.39. The maximum absolute atomic E-state index is 10.8. The van der Waals surface area contributed by atoms with Crippen LogP contribution in [0.1, 0.15) is 12.8 Å². The Kier molecular flexibility index (Phi) is 4.48. The standard InChI is InChI=1S/C11H16BrN5O/c12-8-5-14-11(15-6-8)16-9-1-3-17(4-2-9)7-10(13)18/h5-6,9H,1-4,7H2,(H2,13,18)(H,14,15,16). The van der Waals surface area contributed by atoms with E-state index in [1.54, 1.807) is 12.4 Å². The molecule has 98 valence electrons. The maximum Gasteiger partial charge on any atom is 0.231 e. The summed E-state index contributed by atoms with van der Waals surface area (Å²) in [6, 6.07) is 0.357. The third kappa shape index (κ3) is 3.92. The fourth-order valence-corrected chi connectivity index (χ4v) is 2.23. The zero-order valence-corrected chi connectivity index (χ0v) is 11.6. The van der Waals surface area contributed by atoms with Gasteiger partial charge in [0.25, 0.3) is 0 Å². The molecule has 0 aliphatic carbocycles. The van der Waals surface area contributed by atoms with Crippen molar-refractivity contribution >= 4 is 27.8 Å². The highest BCUT2D eigenvalue weighted by molar-refractivity contribution is 9.10. The summed E-state index contributed by atoms with van der Waals surface area (Å²) < 4.78 is 0.865. The van der Waals surface area contributed by atoms with Gasteiger partial charge in [-0.3, -0.25) is 9.69 Å². The fraction of sp³-hybridized carbons (Fsp3) is 0.545. The van der Waals surface area contributed by atoms with Crippen molar-refractivity contribution in [2.45, 2.75) is 18.9 Å². The van der Waals surface area contributed by atoms with Gasteiger partial charge in [-0.1, -0.05) is 0 Å². The molecule has 1 aromatic rings. The number of hydrogen-bond donors (Lipinski definition) is 2. The van der Waals surface area contributed by atoms with E-state index in [2.05, 4.69) is 36.1 Å². The quantitative estimate of drug-likeness (QED) is 0.850. The Morgan fingerprint density at radius 1 is 1.44 bits per heavy atom. The van der Waals surface area contributed by atoms with Gasteiger partial charge in [-0.15, -0.1) is 0 Å². The molecule has 1 fully saturated rings. The molecule has 0 saturated carbocycles. The van der Waals surface area contributed by atoms with Gasteiger partial charge < -0.3 is 11.1 Å². The summed E-state index contributed by atoms with van der Waals surface area (Å²) in [6.07, 6.45) is 5.37. The van der Waals surface area contributed by atoms with Crippen LogP contribution in [0.5, 0.6) is 0 Å². The molecule has 2 rings (SSSR count). The second-order valence-corrected chi connectivity index (χ2v) is 5.30. The summed E-state index contributed by atoms with van der Waals surface area (Å²) in [7, 11) is 0. The molecule has 0 aromatic carbocycles. The van der Waals surface area contributed by atoms with Crippen LogP contribution in [0, 0.1) is 0 Å². The summed E-state index contributed by atoms with van der Waals surface area (Å²) in [5.74, 6) is 0.379. The molecule has 1 aliphatic heterocycles. The van der Waals surface area contributed by atoms with Crippen molar-refractivity contribution in [1.82, 2.24) is 14.9 Å². The number of carbonyl (C=O) groups is 1. The van der Waals surface area contributed by atoms with Crippen LogP contribution < -0.4 is 11.1 Å². The van der Waals surface area contributed by atoms with Crippen molar-refractivity contribution in [3.05, 3.63) is 16.9 Å². The minimum atomic E-state index is -0.266. The lowest BCUT2D eigenvalue weighted by Crippen LogP contribution is -2.43. The summed E-state index contributed by atoms with van der Waals surface area (Å²) in [5, 5.41) is 3.30. The molecule has 1 amide bonds. The molecule has 0 spiro atoms. The van der Waals surface area contributed by atoms with E-state index in [9.17, 15) is 4.79 Å². The highest BCUT2D eigenvalue weighted by atomic mass is 79.9. The number of rotatable bonds is 4. The predicted molar refractivity (Wildman–Crippen MR) is 72.0 cm³/mol. The molecule has 0 atom stereocenters. The number of anilines is 1. The second kappa shape index (κ2) is 6.10. The van der Waals surface area contributed by atoms with Gasteiger partial charge in [-0.25, -0.2) is 9.97 Å². The monoisotopic (exact) mass is 313 g/mol. The van der Waals surface area contributed by atoms with Crippen LogP contribution in [0.15, 0.2) is 16.9 Å². The Labute approximate surface area is 114 Å². The molecule has 18 heavy (non-hydrogen) atoms. The van der Waals surface area contributed by atoms with Gasteiger partial charge in [0.15, 0.2) is 0 Å². The predicted octanol–water partition coefficient (Wildman–Crippen LogP) is 0.601. The van der Waals surface area contributed by atoms with E-state index in [1.807, 2.05) is 0 Å². The highest BCUT2D eigenvalue weighted by Crippen LogP contribution is 2.14. The molecule has 2 heterocycles. The lowest BCUT2D eigenvalue weighted by atomic mass is 10.1. The maximum atomic E-state index is 10.8. The molecule has 3 N–H and O–H groups in total. The molecule has 1 saturated heterocycles. The van der Waals surface area contributed by atoms with Crippen molar-refractivity contribution in [1.29, 1.82) is 0 Å². The first-order valence-corrected chi connectivity index (χ1v) is 6.67. The van der Waals surface area contributed by atoms with Crippen molar-refractivity contribution < 1.29 is 4.79 Å². The summed E-state index contributed by atoms with van der Waals surface area (Å²) in [5.41, 5.74) is 5.17. The Morgan fingerprint density at radius 3 is 2.61 bits per heavy atom. The minimum absolute atomic E-state index is 0.266. The van der Waals surface area contributed by atoms with E-state index < -0.39 is 0 Å². The lowest BCUT2D eigenvalue weighted by molar-refractivity contribution is -0.119. The van der Waals surface area contributed by atoms with E-state index in [0.717, 1.165) is 30.4 Å². The largest absolute Gasteiger partial charge is 0.369 e. The number of likely N-dealkylation sites (tertiary alicyclic amines) is 1. The Balaban J connectivity index is 1.79. The van der Waals surface area contributed by atoms with Crippen molar-refractivity contribution in [3.63, 3.8) is 0 Å². The average molecular weight is 314 g/mol. The summed E-state index contributed by atoms with van der Waals surface area (Å²) in [4.78, 5) is 21.3. The first kappa shape index (κ1) is 13.2. The summed E-state index contributed by atoms with van der Waals surface area (Å²) >= 11 is 3.30. The van der Waals surface area contributed by atoms with Crippen LogP contribution in [0.2, 0.25) is 0 Å². The van der Waals surface area contributed by atoms with E-state index >= 15 is 0 Å². The van der Waals surface area contributed by atoms with Crippen LogP contribution in [-0.2, 0) is 4.79 Å². The molecule has 7 heteroatoms. The molecule has 0 unspecified atom stereocenters. The number of nitrogens with two attached hydrogens (primary N) is 1. The highest BCUT2D eigenvalue weighted by Gasteiger charge is 2.20. The van der Waals surface area contributed by atoms with Crippen molar-refractivity contribution in [3.8, 4) is 0 Å². The van der Waals surface area contributed by atoms with E-state index in [4.69, 9.17) is 5.73 Å². The van der Waals surface area contributed by atoms with Gasteiger partial charge in [-0.05, 0) is 28.8 Å². The van der Waals surface area contributed by atoms with Crippen LogP contribution in [-0.4, -0.2) is 46.5 Å². The molecular formula is C11H16BrN5O. The van der Waals surface area contributed by atoms with Crippen LogP contribution in [0.4, 0.5) is 5.95 Å². The van der Waals surface area contributed by atoms with Gasteiger partial charge in [-0.2, -0.15) is 0 Å². The third-order valence-electron chi connectivity index (χ3n) is 2.92. The van der Waals surface area contributed by atoms with Crippen molar-refractivity contribution in [2.75, 3.05) is 25.0 Å². The first-order chi connectivity index (χ1) is 8.63. The molecule has 6 nitrogen and oxygen atoms in total. The molecule has 1 aromatic heterocycles. The summed E-state index contributed by atoms with van der Waals surface area (Å²) in [6.45, 7) is 2.09. The van der Waals surface area contributed by atoms with Crippen LogP contribution >= 0.6 is 15.9 Å². The number of piperidine rings is 1. The first-order valence-electron chi connectivity index (χ1n) is 5.88. The molecule has 0 bridgehead atoms. The van der Waals surface area contributed by atoms with Crippen LogP contribution in [0.25, 0.3) is 0 Å². The molecule has 1 aliphatic rings. The number of amides is 1. The zero-order valence-electron chi connectivity index (χ0n) is 9.97. The fourth-order valence-electron chi connectivity index (χ4n) is 2.03. The number of nitrogens with zero attached hydrogens (tertiary/aromatic N) is 3. The topological polar surface area (TPSA) is 84.1 Å². The lowest BCUT2D eigenvalue weighted by Gasteiger charge is -2.31. The molecule has 0 radical (unpaired) electrons. The van der Waals surface area contributed by atoms with Gasteiger partial charge in [0.2, 0.25) is 11.9 Å². The number of primary amides is 1. The Bertz CT molecular complexity index is 402. The average Bonchev–Trinajstić information content (AvgIpc) is 2.34. The Hall–Kier alpha value is -1.21. The SMILES string of the molecule is NC(=O)CN1CCC(Nc2ncc(Br)cn2)CC1. The molecular weight excluding hydrogens is 298 g/mol. The van der Waals surface area contributed by atoms with E-state index in [1.165, 1.54) is 0 Å². The Morgan fingerprint density at radius 2 is 2.06 bits per heavy atom. The van der Waals surface area contributed by atoms with Gasteiger partial charge in [0.05, 0.1) is 11.0 Å². The number of nitrogens with one attached hydrogen (secondary N) is 1. The number of hydrogen-bond acceptors (Lipinski definition) is 5. The minimum Gasteiger partial charge on any atom is -0.369 e. The number of carbonyl (C=O) groups excluding carboxylic acids is 1. The van der Waals surface area contributed by atoms with E-state index in [0.29, 0.717) is 18.5 Å². The normalized spacial score (nSPS) is 17.6. The van der Waals surface area contributed by atoms with Gasteiger partial charge >= 0.3 is 0 Å². The number of aromatic nitrogens is 2. The third-order valence-corrected chi connectivity index (χ3v) is 3.33. The van der Waals surface area contributed by atoms with Crippen LogP contribution in [0.3, 0.4) is 0 Å². The van der Waals surface area contributed by atoms with Crippen molar-refractivity contribution in [2.24, 2.45) is 5.73 Å². The number of halogens is 1.